The minimum absolute atomic E-state index is 0. The summed E-state index contributed by atoms with van der Waals surface area (Å²) in [6.45, 7) is 14.6. The van der Waals surface area contributed by atoms with E-state index < -0.39 is 0 Å². The second kappa shape index (κ2) is 7.68. The van der Waals surface area contributed by atoms with Gasteiger partial charge in [-0.2, -0.15) is 0 Å². The Labute approximate surface area is 119 Å². The molecule has 3 nitrogen and oxygen atoms in total. The van der Waals surface area contributed by atoms with Gasteiger partial charge in [-0.25, -0.2) is 0 Å². The number of halogens is 1. The lowest BCUT2D eigenvalue weighted by molar-refractivity contribution is 0.0329. The average molecular weight is 276 g/mol. The average Bonchev–Trinajstić information content (AvgIpc) is 2.34. The van der Waals surface area contributed by atoms with Crippen molar-refractivity contribution in [2.75, 3.05) is 39.3 Å². The number of hydrogen-bond donors (Lipinski definition) is 1. The summed E-state index contributed by atoms with van der Waals surface area (Å²) in [4.78, 5) is 5.34. The van der Waals surface area contributed by atoms with Crippen LogP contribution >= 0.6 is 12.4 Å². The molecule has 108 valence electrons. The highest BCUT2D eigenvalue weighted by molar-refractivity contribution is 5.85. The lowest BCUT2D eigenvalue weighted by atomic mass is 9.96. The van der Waals surface area contributed by atoms with Crippen molar-refractivity contribution in [3.63, 3.8) is 0 Å². The van der Waals surface area contributed by atoms with Crippen LogP contribution in [0.5, 0.6) is 0 Å². The predicted molar refractivity (Wildman–Crippen MR) is 80.6 cm³/mol. The highest BCUT2D eigenvalue weighted by Gasteiger charge is 2.29. The second-order valence-electron chi connectivity index (χ2n) is 5.93. The van der Waals surface area contributed by atoms with E-state index in [1.807, 2.05) is 0 Å². The summed E-state index contributed by atoms with van der Waals surface area (Å²) >= 11 is 0. The van der Waals surface area contributed by atoms with Gasteiger partial charge in [0.05, 0.1) is 0 Å². The normalized spacial score (nSPS) is 32.2. The lowest BCUT2D eigenvalue weighted by Gasteiger charge is -2.45. The third-order valence-corrected chi connectivity index (χ3v) is 4.60. The monoisotopic (exact) mass is 275 g/mol. The number of nitrogens with zero attached hydrogens (tertiary/aromatic N) is 2. The van der Waals surface area contributed by atoms with Crippen molar-refractivity contribution < 1.29 is 0 Å². The molecule has 2 saturated heterocycles. The van der Waals surface area contributed by atoms with Crippen LogP contribution in [0.25, 0.3) is 0 Å². The maximum atomic E-state index is 3.46. The third kappa shape index (κ3) is 4.09. The first kappa shape index (κ1) is 16.2. The lowest BCUT2D eigenvalue weighted by Crippen LogP contribution is -2.57. The van der Waals surface area contributed by atoms with Crippen LogP contribution in [0, 0.1) is 5.92 Å². The highest BCUT2D eigenvalue weighted by Crippen LogP contribution is 2.20. The van der Waals surface area contributed by atoms with Crippen LogP contribution in [-0.4, -0.2) is 61.2 Å². The minimum Gasteiger partial charge on any atom is -0.317 e. The van der Waals surface area contributed by atoms with E-state index in [1.165, 1.54) is 52.1 Å². The van der Waals surface area contributed by atoms with Crippen LogP contribution in [0.3, 0.4) is 0 Å². The topological polar surface area (TPSA) is 18.5 Å². The summed E-state index contributed by atoms with van der Waals surface area (Å²) in [5.41, 5.74) is 0. The smallest absolute Gasteiger partial charge is 0.0195 e. The van der Waals surface area contributed by atoms with E-state index in [9.17, 15) is 0 Å². The van der Waals surface area contributed by atoms with E-state index in [-0.39, 0.29) is 12.4 Å². The fourth-order valence-electron chi connectivity index (χ4n) is 3.36. The Balaban J connectivity index is 0.00000162. The molecule has 0 amide bonds. The maximum Gasteiger partial charge on any atom is 0.0195 e. The van der Waals surface area contributed by atoms with Crippen molar-refractivity contribution in [3.05, 3.63) is 0 Å². The molecule has 0 radical (unpaired) electrons. The Hall–Kier alpha value is 0.170. The molecule has 2 heterocycles. The molecule has 2 aliphatic rings. The number of rotatable bonds is 3. The van der Waals surface area contributed by atoms with Crippen LogP contribution in [0.1, 0.15) is 33.6 Å². The van der Waals surface area contributed by atoms with Crippen molar-refractivity contribution in [2.24, 2.45) is 5.92 Å². The molecule has 2 atom stereocenters. The molecule has 0 aromatic carbocycles. The number of nitrogens with one attached hydrogen (secondary N) is 1. The van der Waals surface area contributed by atoms with Crippen molar-refractivity contribution in [1.29, 1.82) is 0 Å². The minimum atomic E-state index is 0. The van der Waals surface area contributed by atoms with Gasteiger partial charge in [0.1, 0.15) is 0 Å². The molecule has 0 spiro atoms. The Kier molecular flexibility index (Phi) is 6.93. The molecular formula is C14H30ClN3. The number of piperazine rings is 1. The molecule has 2 fully saturated rings. The van der Waals surface area contributed by atoms with Gasteiger partial charge in [-0.1, -0.05) is 6.92 Å². The van der Waals surface area contributed by atoms with Crippen molar-refractivity contribution in [3.8, 4) is 0 Å². The van der Waals surface area contributed by atoms with Gasteiger partial charge in [0.15, 0.2) is 0 Å². The third-order valence-electron chi connectivity index (χ3n) is 4.60. The molecule has 2 aliphatic heterocycles. The molecule has 1 N–H and O–H groups in total. The van der Waals surface area contributed by atoms with Gasteiger partial charge in [0.2, 0.25) is 0 Å². The highest BCUT2D eigenvalue weighted by atomic mass is 35.5. The van der Waals surface area contributed by atoms with Crippen molar-refractivity contribution in [1.82, 2.24) is 15.1 Å². The SMILES string of the molecule is CCN1CC(C)N(CC2CCNCC2)CC1C.Cl. The molecule has 0 aromatic rings. The summed E-state index contributed by atoms with van der Waals surface area (Å²) in [5.74, 6) is 0.930. The molecule has 0 aromatic heterocycles. The molecule has 18 heavy (non-hydrogen) atoms. The van der Waals surface area contributed by atoms with Gasteiger partial charge in [-0.3, -0.25) is 9.80 Å². The molecule has 2 rings (SSSR count). The molecule has 0 saturated carbocycles. The van der Waals surface area contributed by atoms with E-state index >= 15 is 0 Å². The molecule has 4 heteroatoms. The van der Waals surface area contributed by atoms with Crippen LogP contribution < -0.4 is 5.32 Å². The Morgan fingerprint density at radius 1 is 1.00 bits per heavy atom. The molecular weight excluding hydrogens is 246 g/mol. The van der Waals surface area contributed by atoms with E-state index in [2.05, 4.69) is 35.9 Å². The quantitative estimate of drug-likeness (QED) is 0.848. The van der Waals surface area contributed by atoms with Crippen molar-refractivity contribution in [2.45, 2.75) is 45.7 Å². The van der Waals surface area contributed by atoms with Crippen LogP contribution in [0.15, 0.2) is 0 Å². The van der Waals surface area contributed by atoms with Gasteiger partial charge < -0.3 is 5.32 Å². The van der Waals surface area contributed by atoms with Crippen molar-refractivity contribution >= 4 is 12.4 Å². The molecule has 0 bridgehead atoms. The number of likely N-dealkylation sites (N-methyl/N-ethyl adjacent to an activating group) is 1. The summed E-state index contributed by atoms with van der Waals surface area (Å²) in [7, 11) is 0. The zero-order valence-electron chi connectivity index (χ0n) is 12.2. The summed E-state index contributed by atoms with van der Waals surface area (Å²) < 4.78 is 0. The largest absolute Gasteiger partial charge is 0.317 e. The zero-order valence-corrected chi connectivity index (χ0v) is 13.0. The summed E-state index contributed by atoms with van der Waals surface area (Å²) in [6.07, 6.45) is 2.74. The summed E-state index contributed by atoms with van der Waals surface area (Å²) in [5, 5.41) is 3.46. The van der Waals surface area contributed by atoms with Gasteiger partial charge in [-0.15, -0.1) is 12.4 Å². The molecule has 2 unspecified atom stereocenters. The second-order valence-corrected chi connectivity index (χ2v) is 5.93. The standard InChI is InChI=1S/C14H29N3.ClH/c1-4-16-9-13(3)17(10-12(16)2)11-14-5-7-15-8-6-14;/h12-15H,4-11H2,1-3H3;1H. The maximum absolute atomic E-state index is 3.46. The van der Waals surface area contributed by atoms with Crippen LogP contribution in [-0.2, 0) is 0 Å². The number of hydrogen-bond acceptors (Lipinski definition) is 3. The fourth-order valence-corrected chi connectivity index (χ4v) is 3.36. The summed E-state index contributed by atoms with van der Waals surface area (Å²) in [6, 6.07) is 1.47. The van der Waals surface area contributed by atoms with Gasteiger partial charge >= 0.3 is 0 Å². The van der Waals surface area contributed by atoms with Crippen LogP contribution in [0.2, 0.25) is 0 Å². The predicted octanol–water partition coefficient (Wildman–Crippen LogP) is 1.82. The Morgan fingerprint density at radius 3 is 2.17 bits per heavy atom. The fraction of sp³-hybridized carbons (Fsp3) is 1.00. The van der Waals surface area contributed by atoms with Gasteiger partial charge in [0.25, 0.3) is 0 Å². The van der Waals surface area contributed by atoms with E-state index in [1.54, 1.807) is 0 Å². The zero-order chi connectivity index (χ0) is 12.3. The van der Waals surface area contributed by atoms with Crippen LogP contribution in [0.4, 0.5) is 0 Å². The first-order valence-corrected chi connectivity index (χ1v) is 7.39. The molecule has 0 aliphatic carbocycles. The first-order valence-electron chi connectivity index (χ1n) is 7.39. The first-order chi connectivity index (χ1) is 8.20. The van der Waals surface area contributed by atoms with E-state index in [0.717, 1.165) is 18.0 Å². The van der Waals surface area contributed by atoms with E-state index in [0.29, 0.717) is 0 Å². The Morgan fingerprint density at radius 2 is 1.56 bits per heavy atom. The Bertz CT molecular complexity index is 231. The number of piperidine rings is 1. The van der Waals surface area contributed by atoms with Gasteiger partial charge in [0, 0.05) is 31.7 Å². The van der Waals surface area contributed by atoms with Gasteiger partial charge in [-0.05, 0) is 52.2 Å². The van der Waals surface area contributed by atoms with E-state index in [4.69, 9.17) is 0 Å².